The van der Waals surface area contributed by atoms with Gasteiger partial charge in [-0.3, -0.25) is 0 Å². The summed E-state index contributed by atoms with van der Waals surface area (Å²) in [6.45, 7) is 1.02. The molecule has 0 amide bonds. The first-order valence-corrected chi connectivity index (χ1v) is 6.38. The van der Waals surface area contributed by atoms with Crippen LogP contribution < -0.4 is 14.2 Å². The molecule has 18 heavy (non-hydrogen) atoms. The molecule has 1 aliphatic carbocycles. The molecule has 1 saturated carbocycles. The Balaban J connectivity index is 2.08. The van der Waals surface area contributed by atoms with Gasteiger partial charge < -0.3 is 19.3 Å². The van der Waals surface area contributed by atoms with E-state index in [1.807, 2.05) is 0 Å². The van der Waals surface area contributed by atoms with Gasteiger partial charge in [-0.15, -0.1) is 0 Å². The maximum Gasteiger partial charge on any atom is 0.168 e. The smallest absolute Gasteiger partial charge is 0.168 e. The minimum absolute atomic E-state index is 0.487. The number of fused-ring (bicyclic) bond motifs is 1. The molecule has 4 nitrogen and oxygen atoms in total. The van der Waals surface area contributed by atoms with Gasteiger partial charge >= 0.3 is 0 Å². The summed E-state index contributed by atoms with van der Waals surface area (Å²) in [5.74, 6) is 1.86. The Labute approximate surface area is 110 Å². The van der Waals surface area contributed by atoms with Gasteiger partial charge in [0.05, 0.1) is 17.7 Å². The highest BCUT2D eigenvalue weighted by Crippen LogP contribution is 2.49. The first-order valence-electron chi connectivity index (χ1n) is 6.00. The molecule has 1 aromatic carbocycles. The SMILES string of the molecule is COc1c(Cl)cc2c(c1CC1(O)CC1)OCCO2. The molecule has 1 N–H and O–H groups in total. The van der Waals surface area contributed by atoms with Crippen molar-refractivity contribution in [3.63, 3.8) is 0 Å². The van der Waals surface area contributed by atoms with Gasteiger partial charge in [0.2, 0.25) is 0 Å². The zero-order valence-corrected chi connectivity index (χ0v) is 10.9. The van der Waals surface area contributed by atoms with Crippen molar-refractivity contribution in [2.75, 3.05) is 20.3 Å². The van der Waals surface area contributed by atoms with Gasteiger partial charge in [0, 0.05) is 18.1 Å². The van der Waals surface area contributed by atoms with Crippen LogP contribution >= 0.6 is 11.6 Å². The van der Waals surface area contributed by atoms with Crippen molar-refractivity contribution < 1.29 is 19.3 Å². The lowest BCUT2D eigenvalue weighted by Crippen LogP contribution is -2.19. The Morgan fingerprint density at radius 3 is 2.78 bits per heavy atom. The predicted molar refractivity (Wildman–Crippen MR) is 66.9 cm³/mol. The number of benzene rings is 1. The van der Waals surface area contributed by atoms with Crippen LogP contribution in [0.15, 0.2) is 6.07 Å². The highest BCUT2D eigenvalue weighted by atomic mass is 35.5. The van der Waals surface area contributed by atoms with Crippen molar-refractivity contribution in [2.45, 2.75) is 24.9 Å². The summed E-state index contributed by atoms with van der Waals surface area (Å²) in [7, 11) is 1.57. The van der Waals surface area contributed by atoms with Gasteiger partial charge in [0.1, 0.15) is 19.0 Å². The van der Waals surface area contributed by atoms with E-state index in [-0.39, 0.29) is 0 Å². The van der Waals surface area contributed by atoms with Crippen molar-refractivity contribution in [3.8, 4) is 17.2 Å². The molecule has 1 aromatic rings. The van der Waals surface area contributed by atoms with Crippen molar-refractivity contribution in [2.24, 2.45) is 0 Å². The van der Waals surface area contributed by atoms with E-state index in [1.54, 1.807) is 13.2 Å². The molecule has 0 aromatic heterocycles. The van der Waals surface area contributed by atoms with E-state index in [2.05, 4.69) is 0 Å². The molecule has 1 fully saturated rings. The highest BCUT2D eigenvalue weighted by molar-refractivity contribution is 6.32. The van der Waals surface area contributed by atoms with Crippen LogP contribution in [0.25, 0.3) is 0 Å². The van der Waals surface area contributed by atoms with Crippen molar-refractivity contribution in [1.29, 1.82) is 0 Å². The Morgan fingerprint density at radius 2 is 2.11 bits per heavy atom. The third kappa shape index (κ3) is 1.99. The van der Waals surface area contributed by atoms with Crippen molar-refractivity contribution in [1.82, 2.24) is 0 Å². The Hall–Kier alpha value is -1.13. The molecule has 98 valence electrons. The average Bonchev–Trinajstić information content (AvgIpc) is 3.07. The number of rotatable bonds is 3. The number of methoxy groups -OCH3 is 1. The maximum atomic E-state index is 10.1. The zero-order chi connectivity index (χ0) is 12.8. The van der Waals surface area contributed by atoms with Crippen LogP contribution in [0.4, 0.5) is 0 Å². The van der Waals surface area contributed by atoms with Crippen molar-refractivity contribution in [3.05, 3.63) is 16.7 Å². The second kappa shape index (κ2) is 4.21. The molecular weight excluding hydrogens is 256 g/mol. The summed E-state index contributed by atoms with van der Waals surface area (Å²) in [4.78, 5) is 0. The quantitative estimate of drug-likeness (QED) is 0.915. The fraction of sp³-hybridized carbons (Fsp3) is 0.538. The predicted octanol–water partition coefficient (Wildman–Crippen LogP) is 2.19. The van der Waals surface area contributed by atoms with E-state index in [0.29, 0.717) is 41.9 Å². The van der Waals surface area contributed by atoms with Crippen LogP contribution in [0.1, 0.15) is 18.4 Å². The monoisotopic (exact) mass is 270 g/mol. The van der Waals surface area contributed by atoms with E-state index in [0.717, 1.165) is 18.4 Å². The van der Waals surface area contributed by atoms with E-state index in [4.69, 9.17) is 25.8 Å². The molecule has 0 bridgehead atoms. The largest absolute Gasteiger partial charge is 0.495 e. The molecule has 2 aliphatic rings. The van der Waals surface area contributed by atoms with Gasteiger partial charge in [-0.1, -0.05) is 11.6 Å². The number of halogens is 1. The number of aliphatic hydroxyl groups is 1. The van der Waals surface area contributed by atoms with Crippen LogP contribution in [0.2, 0.25) is 5.02 Å². The summed E-state index contributed by atoms with van der Waals surface area (Å²) in [6, 6.07) is 1.70. The lowest BCUT2D eigenvalue weighted by atomic mass is 10.0. The molecule has 0 radical (unpaired) electrons. The Morgan fingerprint density at radius 1 is 1.39 bits per heavy atom. The summed E-state index contributed by atoms with van der Waals surface area (Å²) in [5, 5.41) is 10.6. The van der Waals surface area contributed by atoms with E-state index >= 15 is 0 Å². The summed E-state index contributed by atoms with van der Waals surface area (Å²) in [6.07, 6.45) is 2.10. The minimum Gasteiger partial charge on any atom is -0.495 e. The molecule has 3 rings (SSSR count). The topological polar surface area (TPSA) is 47.9 Å². The van der Waals surface area contributed by atoms with Gasteiger partial charge in [-0.05, 0) is 12.8 Å². The van der Waals surface area contributed by atoms with E-state index < -0.39 is 5.60 Å². The average molecular weight is 271 g/mol. The van der Waals surface area contributed by atoms with Gasteiger partial charge in [0.15, 0.2) is 11.5 Å². The van der Waals surface area contributed by atoms with E-state index in [9.17, 15) is 5.11 Å². The number of ether oxygens (including phenoxy) is 3. The molecule has 0 saturated heterocycles. The van der Waals surface area contributed by atoms with Gasteiger partial charge in [-0.25, -0.2) is 0 Å². The zero-order valence-electron chi connectivity index (χ0n) is 10.2. The molecule has 1 heterocycles. The molecule has 1 aliphatic heterocycles. The summed E-state index contributed by atoms with van der Waals surface area (Å²) in [5.41, 5.74) is 0.173. The maximum absolute atomic E-state index is 10.1. The lowest BCUT2D eigenvalue weighted by molar-refractivity contribution is 0.141. The van der Waals surface area contributed by atoms with Gasteiger partial charge in [0.25, 0.3) is 0 Å². The molecule has 5 heteroatoms. The second-order valence-corrected chi connectivity index (χ2v) is 5.20. The third-order valence-electron chi connectivity index (χ3n) is 3.37. The molecular formula is C13H15ClO4. The highest BCUT2D eigenvalue weighted by Gasteiger charge is 2.42. The first kappa shape index (κ1) is 11.9. The van der Waals surface area contributed by atoms with Gasteiger partial charge in [-0.2, -0.15) is 0 Å². The van der Waals surface area contributed by atoms with Crippen LogP contribution in [-0.2, 0) is 6.42 Å². The molecule has 0 unspecified atom stereocenters. The number of hydrogen-bond acceptors (Lipinski definition) is 4. The Bertz CT molecular complexity index is 482. The van der Waals surface area contributed by atoms with Crippen LogP contribution in [-0.4, -0.2) is 31.0 Å². The fourth-order valence-electron chi connectivity index (χ4n) is 2.23. The van der Waals surface area contributed by atoms with Crippen LogP contribution in [0.3, 0.4) is 0 Å². The first-order chi connectivity index (χ1) is 8.63. The normalized spacial score (nSPS) is 19.5. The molecule has 0 atom stereocenters. The fourth-order valence-corrected chi connectivity index (χ4v) is 2.52. The lowest BCUT2D eigenvalue weighted by Gasteiger charge is -2.24. The van der Waals surface area contributed by atoms with Crippen LogP contribution in [0, 0.1) is 0 Å². The second-order valence-electron chi connectivity index (χ2n) is 4.80. The minimum atomic E-state index is -0.632. The van der Waals surface area contributed by atoms with Crippen molar-refractivity contribution >= 4 is 11.6 Å². The number of hydrogen-bond donors (Lipinski definition) is 1. The van der Waals surface area contributed by atoms with E-state index in [1.165, 1.54) is 0 Å². The summed E-state index contributed by atoms with van der Waals surface area (Å²) >= 11 is 6.17. The summed E-state index contributed by atoms with van der Waals surface area (Å²) < 4.78 is 16.5. The third-order valence-corrected chi connectivity index (χ3v) is 3.65. The Kier molecular flexibility index (Phi) is 2.79. The van der Waals surface area contributed by atoms with Crippen LogP contribution in [0.5, 0.6) is 17.2 Å². The molecule has 0 spiro atoms. The standard InChI is InChI=1S/C13H15ClO4/c1-16-11-8(7-13(15)2-3-13)12-10(6-9(11)14)17-4-5-18-12/h6,15H,2-5,7H2,1H3.